The molecule has 2 amide bonds. The summed E-state index contributed by atoms with van der Waals surface area (Å²) in [5.41, 5.74) is 3.75. The van der Waals surface area contributed by atoms with Crippen LogP contribution in [0.15, 0.2) is 41.4 Å². The predicted molar refractivity (Wildman–Crippen MR) is 125 cm³/mol. The van der Waals surface area contributed by atoms with Gasteiger partial charge in [0.25, 0.3) is 0 Å². The van der Waals surface area contributed by atoms with Crippen molar-refractivity contribution in [1.82, 2.24) is 4.90 Å². The lowest BCUT2D eigenvalue weighted by molar-refractivity contribution is -0.128. The van der Waals surface area contributed by atoms with Crippen LogP contribution >= 0.6 is 23.4 Å². The van der Waals surface area contributed by atoms with Gasteiger partial charge in [0, 0.05) is 17.8 Å². The number of amides is 2. The van der Waals surface area contributed by atoms with Crippen molar-refractivity contribution in [2.75, 3.05) is 30.7 Å². The third-order valence-electron chi connectivity index (χ3n) is 5.24. The maximum Gasteiger partial charge on any atom is 0.244 e. The fraction of sp³-hybridized carbons (Fsp3) is 0.318. The number of rotatable bonds is 5. The van der Waals surface area contributed by atoms with Gasteiger partial charge in [-0.25, -0.2) is 4.99 Å². The Morgan fingerprint density at radius 3 is 2.81 bits per heavy atom. The Kier molecular flexibility index (Phi) is 6.11. The van der Waals surface area contributed by atoms with Crippen molar-refractivity contribution >= 4 is 51.7 Å². The molecule has 7 nitrogen and oxygen atoms in total. The summed E-state index contributed by atoms with van der Waals surface area (Å²) >= 11 is 7.59. The van der Waals surface area contributed by atoms with Gasteiger partial charge in [0.15, 0.2) is 5.17 Å². The summed E-state index contributed by atoms with van der Waals surface area (Å²) in [4.78, 5) is 33.6. The average Bonchev–Trinajstić information content (AvgIpc) is 3.04. The Morgan fingerprint density at radius 1 is 1.29 bits per heavy atom. The summed E-state index contributed by atoms with van der Waals surface area (Å²) in [7, 11) is 1.56. The molecule has 0 aliphatic carbocycles. The monoisotopic (exact) mass is 458 g/mol. The molecule has 0 bridgehead atoms. The maximum atomic E-state index is 13.0. The Morgan fingerprint density at radius 2 is 2.10 bits per heavy atom. The summed E-state index contributed by atoms with van der Waals surface area (Å²) in [5, 5.41) is 3.59. The number of nitrogens with zero attached hydrogens (tertiary/aromatic N) is 3. The lowest BCUT2D eigenvalue weighted by atomic mass is 10.1. The molecule has 2 heterocycles. The van der Waals surface area contributed by atoms with Gasteiger partial charge in [-0.2, -0.15) is 0 Å². The lowest BCUT2D eigenvalue weighted by Gasteiger charge is -2.32. The molecule has 162 valence electrons. The van der Waals surface area contributed by atoms with E-state index >= 15 is 0 Å². The minimum absolute atomic E-state index is 0.0979. The molecule has 2 aliphatic rings. The SMILES string of the molecule is COc1ccc(N2CN=C3SC(CC(=O)Nc4ccc(C)cc4C)C(=O)N3C2)cc1Cl. The molecule has 2 aromatic carbocycles. The van der Waals surface area contributed by atoms with Crippen LogP contribution in [-0.2, 0) is 9.59 Å². The number of hydrogen-bond acceptors (Lipinski definition) is 6. The van der Waals surface area contributed by atoms with Gasteiger partial charge >= 0.3 is 0 Å². The Bertz CT molecular complexity index is 1070. The van der Waals surface area contributed by atoms with E-state index in [1.807, 2.05) is 43.0 Å². The van der Waals surface area contributed by atoms with Crippen LogP contribution in [0.25, 0.3) is 0 Å². The first-order valence-electron chi connectivity index (χ1n) is 9.84. The number of benzene rings is 2. The van der Waals surface area contributed by atoms with Gasteiger partial charge in [-0.15, -0.1) is 0 Å². The van der Waals surface area contributed by atoms with Crippen LogP contribution in [0, 0.1) is 13.8 Å². The zero-order valence-electron chi connectivity index (χ0n) is 17.5. The van der Waals surface area contributed by atoms with Crippen molar-refractivity contribution in [2.45, 2.75) is 25.5 Å². The first-order valence-corrected chi connectivity index (χ1v) is 11.1. The molecular formula is C22H23ClN4O3S. The highest BCUT2D eigenvalue weighted by Crippen LogP contribution is 2.35. The maximum absolute atomic E-state index is 13.0. The Labute approximate surface area is 190 Å². The number of fused-ring (bicyclic) bond motifs is 1. The number of halogens is 1. The molecular weight excluding hydrogens is 436 g/mol. The number of thioether (sulfide) groups is 1. The highest BCUT2D eigenvalue weighted by atomic mass is 35.5. The number of hydrogen-bond donors (Lipinski definition) is 1. The molecule has 2 aromatic rings. The van der Waals surface area contributed by atoms with Gasteiger partial charge in [-0.05, 0) is 43.7 Å². The molecule has 0 aromatic heterocycles. The standard InChI is InChI=1S/C22H23ClN4O3S/c1-13-4-6-17(14(2)8-13)25-20(28)10-19-21(29)27-12-26(11-24-22(27)31-19)15-5-7-18(30-3)16(23)9-15/h4-9,19H,10-12H2,1-3H3,(H,25,28). The fourth-order valence-corrected chi connectivity index (χ4v) is 4.97. The second-order valence-electron chi connectivity index (χ2n) is 7.53. The van der Waals surface area contributed by atoms with Crippen LogP contribution < -0.4 is 15.0 Å². The van der Waals surface area contributed by atoms with Gasteiger partial charge in [0.2, 0.25) is 11.8 Å². The highest BCUT2D eigenvalue weighted by Gasteiger charge is 2.41. The van der Waals surface area contributed by atoms with Crippen molar-refractivity contribution in [2.24, 2.45) is 4.99 Å². The van der Waals surface area contributed by atoms with Gasteiger partial charge in [0.05, 0.1) is 12.1 Å². The van der Waals surface area contributed by atoms with Gasteiger partial charge < -0.3 is 15.0 Å². The van der Waals surface area contributed by atoms with E-state index in [9.17, 15) is 9.59 Å². The molecule has 0 spiro atoms. The zero-order valence-corrected chi connectivity index (χ0v) is 19.1. The van der Waals surface area contributed by atoms with Crippen LogP contribution in [0.1, 0.15) is 17.5 Å². The fourth-order valence-electron chi connectivity index (χ4n) is 3.59. The molecule has 1 fully saturated rings. The Balaban J connectivity index is 1.41. The van der Waals surface area contributed by atoms with Crippen molar-refractivity contribution in [3.63, 3.8) is 0 Å². The van der Waals surface area contributed by atoms with E-state index in [0.717, 1.165) is 22.5 Å². The number of ether oxygens (including phenoxy) is 1. The van der Waals surface area contributed by atoms with Crippen molar-refractivity contribution in [3.8, 4) is 5.75 Å². The van der Waals surface area contributed by atoms with E-state index in [2.05, 4.69) is 10.3 Å². The molecule has 0 saturated carbocycles. The molecule has 31 heavy (non-hydrogen) atoms. The largest absolute Gasteiger partial charge is 0.495 e. The van der Waals surface area contributed by atoms with Crippen LogP contribution in [0.3, 0.4) is 0 Å². The van der Waals surface area contributed by atoms with Crippen LogP contribution in [0.2, 0.25) is 5.02 Å². The minimum atomic E-state index is -0.482. The number of carbonyl (C=O) groups excluding carboxylic acids is 2. The number of amidine groups is 1. The van der Waals surface area contributed by atoms with Crippen LogP contribution in [0.5, 0.6) is 5.75 Å². The molecule has 1 atom stereocenters. The zero-order chi connectivity index (χ0) is 22.1. The molecule has 1 unspecified atom stereocenters. The number of carbonyl (C=O) groups is 2. The van der Waals surface area contributed by atoms with E-state index in [-0.39, 0.29) is 18.2 Å². The number of aliphatic imine (C=N–C) groups is 1. The third kappa shape index (κ3) is 4.50. The number of aryl methyl sites for hydroxylation is 2. The summed E-state index contributed by atoms with van der Waals surface area (Å²) in [6.45, 7) is 4.73. The van der Waals surface area contributed by atoms with E-state index in [1.165, 1.54) is 11.8 Å². The van der Waals surface area contributed by atoms with E-state index in [1.54, 1.807) is 24.1 Å². The average molecular weight is 459 g/mol. The molecule has 9 heteroatoms. The topological polar surface area (TPSA) is 74.2 Å². The number of methoxy groups -OCH3 is 1. The molecule has 0 radical (unpaired) electrons. The van der Waals surface area contributed by atoms with Crippen molar-refractivity contribution in [3.05, 3.63) is 52.5 Å². The van der Waals surface area contributed by atoms with Crippen molar-refractivity contribution in [1.29, 1.82) is 0 Å². The molecule has 1 saturated heterocycles. The first-order chi connectivity index (χ1) is 14.9. The minimum Gasteiger partial charge on any atom is -0.495 e. The number of anilines is 2. The molecule has 4 rings (SSSR count). The molecule has 2 aliphatic heterocycles. The van der Waals surface area contributed by atoms with Crippen LogP contribution in [-0.4, -0.2) is 47.6 Å². The molecule has 1 N–H and O–H groups in total. The quantitative estimate of drug-likeness (QED) is 0.732. The summed E-state index contributed by atoms with van der Waals surface area (Å²) in [6.07, 6.45) is 0.0979. The summed E-state index contributed by atoms with van der Waals surface area (Å²) in [6, 6.07) is 11.3. The number of nitrogens with one attached hydrogen (secondary N) is 1. The second kappa shape index (κ2) is 8.80. The van der Waals surface area contributed by atoms with Crippen molar-refractivity contribution < 1.29 is 14.3 Å². The van der Waals surface area contributed by atoms with Gasteiger partial charge in [0.1, 0.15) is 24.3 Å². The summed E-state index contributed by atoms with van der Waals surface area (Å²) in [5.74, 6) is 0.301. The normalized spacial score (nSPS) is 18.0. The summed E-state index contributed by atoms with van der Waals surface area (Å²) < 4.78 is 5.20. The highest BCUT2D eigenvalue weighted by molar-refractivity contribution is 8.15. The van der Waals surface area contributed by atoms with E-state index < -0.39 is 5.25 Å². The van der Waals surface area contributed by atoms with Gasteiger partial charge in [-0.3, -0.25) is 14.5 Å². The van der Waals surface area contributed by atoms with Gasteiger partial charge in [-0.1, -0.05) is 41.1 Å². The van der Waals surface area contributed by atoms with E-state index in [0.29, 0.717) is 29.3 Å². The van der Waals surface area contributed by atoms with Crippen LogP contribution in [0.4, 0.5) is 11.4 Å². The third-order valence-corrected chi connectivity index (χ3v) is 6.74. The Hall–Kier alpha value is -2.71. The first kappa shape index (κ1) is 21.5. The van der Waals surface area contributed by atoms with E-state index in [4.69, 9.17) is 16.3 Å². The smallest absolute Gasteiger partial charge is 0.244 e. The second-order valence-corrected chi connectivity index (χ2v) is 9.10. The lowest BCUT2D eigenvalue weighted by Crippen LogP contribution is -2.46. The predicted octanol–water partition coefficient (Wildman–Crippen LogP) is 4.03.